The average Bonchev–Trinajstić information content (AvgIpc) is 2.32. The van der Waals surface area contributed by atoms with E-state index in [-0.39, 0.29) is 5.82 Å². The van der Waals surface area contributed by atoms with E-state index in [1.807, 2.05) is 0 Å². The largest absolute Gasteiger partial charge is 0.325 e. The summed E-state index contributed by atoms with van der Waals surface area (Å²) >= 11 is 1.38. The first-order chi connectivity index (χ1) is 7.78. The zero-order valence-corrected chi connectivity index (χ0v) is 9.25. The van der Waals surface area contributed by atoms with Crippen molar-refractivity contribution >= 4 is 11.8 Å². The maximum Gasteiger partial charge on any atom is 0.192 e. The Bertz CT molecular complexity index is 473. The van der Waals surface area contributed by atoms with E-state index in [9.17, 15) is 4.39 Å². The van der Waals surface area contributed by atoms with Crippen LogP contribution in [0.5, 0.6) is 0 Å². The van der Waals surface area contributed by atoms with E-state index < -0.39 is 0 Å². The monoisotopic (exact) mass is 235 g/mol. The van der Waals surface area contributed by atoms with Gasteiger partial charge in [0.05, 0.1) is 5.69 Å². The lowest BCUT2D eigenvalue weighted by atomic mass is 10.4. The number of halogens is 1. The second-order valence-electron chi connectivity index (χ2n) is 3.09. The maximum absolute atomic E-state index is 12.7. The smallest absolute Gasteiger partial charge is 0.192 e. The van der Waals surface area contributed by atoms with Crippen LogP contribution < -0.4 is 5.73 Å². The molecule has 1 aromatic carbocycles. The molecule has 0 spiro atoms. The molecule has 2 N–H and O–H groups in total. The van der Waals surface area contributed by atoms with Crippen molar-refractivity contribution in [1.29, 1.82) is 0 Å². The molecule has 0 fully saturated rings. The third-order valence-corrected chi connectivity index (χ3v) is 2.81. The Kier molecular flexibility index (Phi) is 3.48. The van der Waals surface area contributed by atoms with E-state index >= 15 is 0 Å². The molecule has 1 heterocycles. The molecule has 5 heteroatoms. The molecule has 0 amide bonds. The van der Waals surface area contributed by atoms with E-state index in [0.29, 0.717) is 11.7 Å². The summed E-state index contributed by atoms with van der Waals surface area (Å²) in [5.74, 6) is -0.249. The van der Waals surface area contributed by atoms with Gasteiger partial charge in [0, 0.05) is 17.6 Å². The highest BCUT2D eigenvalue weighted by Crippen LogP contribution is 2.24. The van der Waals surface area contributed by atoms with Crippen LogP contribution in [0.15, 0.2) is 46.6 Å². The van der Waals surface area contributed by atoms with E-state index in [1.165, 1.54) is 23.9 Å². The number of rotatable bonds is 3. The van der Waals surface area contributed by atoms with Crippen LogP contribution in [-0.2, 0) is 6.54 Å². The number of nitrogens with two attached hydrogens (primary N) is 1. The van der Waals surface area contributed by atoms with E-state index in [0.717, 1.165) is 10.6 Å². The van der Waals surface area contributed by atoms with Crippen LogP contribution in [0.3, 0.4) is 0 Å². The molecule has 0 saturated carbocycles. The van der Waals surface area contributed by atoms with Gasteiger partial charge in [0.1, 0.15) is 5.82 Å². The fraction of sp³-hybridized carbons (Fsp3) is 0.0909. The first-order valence-electron chi connectivity index (χ1n) is 4.73. The maximum atomic E-state index is 12.7. The molecule has 0 unspecified atom stereocenters. The summed E-state index contributed by atoms with van der Waals surface area (Å²) < 4.78 is 12.7. The summed E-state index contributed by atoms with van der Waals surface area (Å²) in [6.07, 6.45) is 1.67. The minimum absolute atomic E-state index is 0.249. The zero-order chi connectivity index (χ0) is 11.4. The molecule has 0 radical (unpaired) electrons. The highest BCUT2D eigenvalue weighted by atomic mass is 32.2. The Morgan fingerprint density at radius 1 is 1.19 bits per heavy atom. The predicted molar refractivity (Wildman–Crippen MR) is 60.4 cm³/mol. The summed E-state index contributed by atoms with van der Waals surface area (Å²) in [5, 5.41) is 0.620. The Morgan fingerprint density at radius 2 is 1.94 bits per heavy atom. The van der Waals surface area contributed by atoms with Crippen molar-refractivity contribution in [2.75, 3.05) is 0 Å². The molecule has 2 aromatic rings. The van der Waals surface area contributed by atoms with Crippen LogP contribution in [-0.4, -0.2) is 9.97 Å². The first kappa shape index (κ1) is 11.0. The van der Waals surface area contributed by atoms with Gasteiger partial charge in [0.2, 0.25) is 0 Å². The average molecular weight is 235 g/mol. The minimum atomic E-state index is -0.249. The van der Waals surface area contributed by atoms with Gasteiger partial charge in [-0.15, -0.1) is 0 Å². The zero-order valence-electron chi connectivity index (χ0n) is 8.43. The summed E-state index contributed by atoms with van der Waals surface area (Å²) in [4.78, 5) is 9.25. The van der Waals surface area contributed by atoms with Crippen LogP contribution in [0.25, 0.3) is 0 Å². The lowest BCUT2D eigenvalue weighted by Crippen LogP contribution is -2.00. The first-order valence-corrected chi connectivity index (χ1v) is 5.55. The van der Waals surface area contributed by atoms with Crippen molar-refractivity contribution in [2.45, 2.75) is 16.6 Å². The van der Waals surface area contributed by atoms with Crippen LogP contribution >= 0.6 is 11.8 Å². The van der Waals surface area contributed by atoms with Gasteiger partial charge < -0.3 is 5.73 Å². The fourth-order valence-electron chi connectivity index (χ4n) is 1.15. The van der Waals surface area contributed by atoms with Crippen LogP contribution in [0.1, 0.15) is 5.69 Å². The van der Waals surface area contributed by atoms with E-state index in [4.69, 9.17) is 5.73 Å². The van der Waals surface area contributed by atoms with E-state index in [2.05, 4.69) is 9.97 Å². The molecule has 0 aliphatic carbocycles. The van der Waals surface area contributed by atoms with Gasteiger partial charge in [-0.05, 0) is 42.1 Å². The third-order valence-electron chi connectivity index (χ3n) is 1.92. The molecule has 0 atom stereocenters. The van der Waals surface area contributed by atoms with Gasteiger partial charge >= 0.3 is 0 Å². The highest BCUT2D eigenvalue weighted by Gasteiger charge is 2.01. The number of nitrogens with zero attached hydrogens (tertiary/aromatic N) is 2. The van der Waals surface area contributed by atoms with Gasteiger partial charge in [-0.25, -0.2) is 14.4 Å². The second-order valence-corrected chi connectivity index (χ2v) is 4.13. The van der Waals surface area contributed by atoms with E-state index in [1.54, 1.807) is 24.4 Å². The van der Waals surface area contributed by atoms with Crippen molar-refractivity contribution in [1.82, 2.24) is 9.97 Å². The molecule has 16 heavy (non-hydrogen) atoms. The van der Waals surface area contributed by atoms with Crippen LogP contribution in [0, 0.1) is 5.82 Å². The SMILES string of the molecule is NCc1ccnc(Sc2ccc(F)cc2)n1. The van der Waals surface area contributed by atoms with Crippen molar-refractivity contribution in [2.24, 2.45) is 5.73 Å². The molecule has 0 saturated heterocycles. The Morgan fingerprint density at radius 3 is 2.62 bits per heavy atom. The lowest BCUT2D eigenvalue weighted by Gasteiger charge is -2.01. The molecule has 82 valence electrons. The molecule has 0 aliphatic rings. The number of aromatic nitrogens is 2. The molecule has 0 bridgehead atoms. The van der Waals surface area contributed by atoms with Gasteiger partial charge in [-0.1, -0.05) is 0 Å². The molecule has 0 aliphatic heterocycles. The number of hydrogen-bond donors (Lipinski definition) is 1. The van der Waals surface area contributed by atoms with Crippen LogP contribution in [0.4, 0.5) is 4.39 Å². The number of benzene rings is 1. The third kappa shape index (κ3) is 2.77. The van der Waals surface area contributed by atoms with Gasteiger partial charge in [0.25, 0.3) is 0 Å². The molecule has 2 rings (SSSR count). The quantitative estimate of drug-likeness (QED) is 0.829. The Hall–Kier alpha value is -1.46. The molecular formula is C11H10FN3S. The normalized spacial score (nSPS) is 10.4. The van der Waals surface area contributed by atoms with Gasteiger partial charge in [-0.2, -0.15) is 0 Å². The van der Waals surface area contributed by atoms with Crippen molar-refractivity contribution < 1.29 is 4.39 Å². The lowest BCUT2D eigenvalue weighted by molar-refractivity contribution is 0.626. The Balaban J connectivity index is 2.16. The highest BCUT2D eigenvalue weighted by molar-refractivity contribution is 7.99. The fourth-order valence-corrected chi connectivity index (χ4v) is 1.91. The van der Waals surface area contributed by atoms with Crippen molar-refractivity contribution in [3.8, 4) is 0 Å². The topological polar surface area (TPSA) is 51.8 Å². The molecule has 1 aromatic heterocycles. The Labute approximate surface area is 96.9 Å². The standard InChI is InChI=1S/C11H10FN3S/c12-8-1-3-10(4-2-8)16-11-14-6-5-9(7-13)15-11/h1-6H,7,13H2. The summed E-state index contributed by atoms with van der Waals surface area (Å²) in [6, 6.07) is 7.98. The summed E-state index contributed by atoms with van der Waals surface area (Å²) in [6.45, 7) is 0.388. The minimum Gasteiger partial charge on any atom is -0.325 e. The van der Waals surface area contributed by atoms with Crippen LogP contribution in [0.2, 0.25) is 0 Å². The molecule has 3 nitrogen and oxygen atoms in total. The van der Waals surface area contributed by atoms with Crippen molar-refractivity contribution in [3.05, 3.63) is 48.0 Å². The number of hydrogen-bond acceptors (Lipinski definition) is 4. The second kappa shape index (κ2) is 5.05. The van der Waals surface area contributed by atoms with Gasteiger partial charge in [0.15, 0.2) is 5.16 Å². The van der Waals surface area contributed by atoms with Gasteiger partial charge in [-0.3, -0.25) is 0 Å². The molecular weight excluding hydrogens is 225 g/mol. The van der Waals surface area contributed by atoms with Crippen molar-refractivity contribution in [3.63, 3.8) is 0 Å². The predicted octanol–water partition coefficient (Wildman–Crippen LogP) is 2.23. The summed E-state index contributed by atoms with van der Waals surface area (Å²) in [5.41, 5.74) is 6.27. The summed E-state index contributed by atoms with van der Waals surface area (Å²) in [7, 11) is 0.